The molecule has 2 aromatic carbocycles. The Labute approximate surface area is 402 Å². The molecule has 8 atom stereocenters. The van der Waals surface area contributed by atoms with Gasteiger partial charge in [-0.25, -0.2) is 19.4 Å². The zero-order valence-electron chi connectivity index (χ0n) is 39.8. The molecule has 69 heavy (non-hydrogen) atoms. The van der Waals surface area contributed by atoms with Gasteiger partial charge in [-0.15, -0.1) is 0 Å². The summed E-state index contributed by atoms with van der Waals surface area (Å²) in [5, 5.41) is 0. The fraction of sp³-hybridized carbons (Fsp3) is 0.592. The molecule has 20 heteroatoms. The number of fused-ring (bicyclic) bond motifs is 4. The highest BCUT2D eigenvalue weighted by molar-refractivity contribution is 6.07. The van der Waals surface area contributed by atoms with Crippen molar-refractivity contribution in [3.63, 3.8) is 0 Å². The summed E-state index contributed by atoms with van der Waals surface area (Å²) in [5.41, 5.74) is 0.851. The van der Waals surface area contributed by atoms with Crippen LogP contribution < -0.4 is 28.7 Å². The number of nitrogens with zero attached hydrogens (tertiary/aromatic N) is 4. The normalized spacial score (nSPS) is 26.4. The SMILES string of the molecule is C=CCOC(=O)N1c2cc(OC)c(OC)cc2C(=O)N2CC[C@H](OCCCO[C@H]3CCN4C(=O)c5cc(OC)c(OC)cc5N(C(=O)OCC=C)C(OC5CCCCO5)C34)C2C1OC1CCCCO1. The third kappa shape index (κ3) is 10.3. The minimum Gasteiger partial charge on any atom is -0.493 e. The Morgan fingerprint density at radius 3 is 1.38 bits per heavy atom. The summed E-state index contributed by atoms with van der Waals surface area (Å²) in [6.45, 7) is 9.24. The average molecular weight is 965 g/mol. The van der Waals surface area contributed by atoms with Crippen molar-refractivity contribution < 1.29 is 76.0 Å². The van der Waals surface area contributed by atoms with Gasteiger partial charge in [0.25, 0.3) is 11.8 Å². The summed E-state index contributed by atoms with van der Waals surface area (Å²) in [6, 6.07) is 4.71. The number of ether oxygens (including phenoxy) is 12. The quantitative estimate of drug-likeness (QED) is 0.124. The molecule has 376 valence electrons. The minimum absolute atomic E-state index is 0.0876. The summed E-state index contributed by atoms with van der Waals surface area (Å²) in [4.78, 5) is 63.7. The molecule has 6 unspecified atom stereocenters. The predicted octanol–water partition coefficient (Wildman–Crippen LogP) is 6.03. The standard InChI is InChI=1S/C49H64N4O16/c1-7-20-66-48(56)52-32-28-38(60-5)36(58-3)26-30(32)44(54)50-18-16-34(42(50)46(52)68-40-14-9-11-22-64-40)62-24-13-25-63-35-17-19-51-43(35)47(69-41-15-10-12-23-65-41)53(49(57)67-21-8-2)33-29-39(61-6)37(59-4)27-31(33)45(51)55/h7-8,26-29,34-35,40-43,46-47H,1-2,9-25H2,3-6H3/t34-,35-,40?,41?,42?,43?,46?,47?/m0/s1. The van der Waals surface area contributed by atoms with E-state index in [1.54, 1.807) is 34.1 Å². The van der Waals surface area contributed by atoms with Crippen molar-refractivity contribution in [1.82, 2.24) is 9.80 Å². The lowest BCUT2D eigenvalue weighted by Crippen LogP contribution is -2.57. The number of carbonyl (C=O) groups excluding carboxylic acids is 4. The third-order valence-electron chi connectivity index (χ3n) is 13.2. The summed E-state index contributed by atoms with van der Waals surface area (Å²) in [7, 11) is 5.89. The number of anilines is 2. The van der Waals surface area contributed by atoms with Gasteiger partial charge in [-0.05, 0) is 69.9 Å². The van der Waals surface area contributed by atoms with Crippen LogP contribution in [0.3, 0.4) is 0 Å². The van der Waals surface area contributed by atoms with Crippen molar-refractivity contribution in [2.24, 2.45) is 0 Å². The molecule has 6 heterocycles. The van der Waals surface area contributed by atoms with E-state index in [1.807, 2.05) is 0 Å². The lowest BCUT2D eigenvalue weighted by Gasteiger charge is -2.40. The van der Waals surface area contributed by atoms with Crippen molar-refractivity contribution in [1.29, 1.82) is 0 Å². The molecule has 0 spiro atoms. The van der Waals surface area contributed by atoms with Gasteiger partial charge in [-0.3, -0.25) is 9.59 Å². The fourth-order valence-electron chi connectivity index (χ4n) is 10.0. The molecule has 6 aliphatic heterocycles. The predicted molar refractivity (Wildman–Crippen MR) is 247 cm³/mol. The van der Waals surface area contributed by atoms with E-state index in [0.29, 0.717) is 81.4 Å². The Kier molecular flexibility index (Phi) is 16.5. The third-order valence-corrected chi connectivity index (χ3v) is 13.2. The highest BCUT2D eigenvalue weighted by Crippen LogP contribution is 2.45. The molecule has 4 saturated heterocycles. The zero-order chi connectivity index (χ0) is 48.6. The van der Waals surface area contributed by atoms with Crippen molar-refractivity contribution in [3.05, 3.63) is 60.7 Å². The smallest absolute Gasteiger partial charge is 0.416 e. The highest BCUT2D eigenvalue weighted by atomic mass is 16.7. The van der Waals surface area contributed by atoms with E-state index in [2.05, 4.69) is 13.2 Å². The van der Waals surface area contributed by atoms with Gasteiger partial charge in [0.2, 0.25) is 0 Å². The number of rotatable bonds is 18. The Bertz CT molecular complexity index is 2030. The second kappa shape index (κ2) is 22.9. The van der Waals surface area contributed by atoms with Crippen LogP contribution in [0.1, 0.15) is 78.5 Å². The van der Waals surface area contributed by atoms with E-state index in [-0.39, 0.29) is 60.7 Å². The van der Waals surface area contributed by atoms with Gasteiger partial charge in [0.05, 0.1) is 63.1 Å². The summed E-state index contributed by atoms with van der Waals surface area (Å²) in [6.07, 6.45) is 2.63. The molecular formula is C49H64N4O16. The fourth-order valence-corrected chi connectivity index (χ4v) is 10.0. The second-order valence-corrected chi connectivity index (χ2v) is 17.3. The molecular weight excluding hydrogens is 901 g/mol. The molecule has 0 N–H and O–H groups in total. The lowest BCUT2D eigenvalue weighted by atomic mass is 10.1. The number of benzene rings is 2. The van der Waals surface area contributed by atoms with Gasteiger partial charge >= 0.3 is 12.2 Å². The summed E-state index contributed by atoms with van der Waals surface area (Å²) in [5.74, 6) is 0.541. The van der Waals surface area contributed by atoms with Crippen LogP contribution in [0.25, 0.3) is 0 Å². The summed E-state index contributed by atoms with van der Waals surface area (Å²) < 4.78 is 72.6. The maximum absolute atomic E-state index is 14.6. The molecule has 0 bridgehead atoms. The number of amides is 4. The molecule has 0 aromatic heterocycles. The van der Waals surface area contributed by atoms with Crippen LogP contribution in [0.5, 0.6) is 23.0 Å². The van der Waals surface area contributed by atoms with Crippen molar-refractivity contribution in [3.8, 4) is 23.0 Å². The molecule has 2 aromatic rings. The van der Waals surface area contributed by atoms with E-state index in [1.165, 1.54) is 50.4 Å². The van der Waals surface area contributed by atoms with E-state index >= 15 is 0 Å². The van der Waals surface area contributed by atoms with E-state index in [9.17, 15) is 19.2 Å². The first-order chi connectivity index (χ1) is 33.6. The molecule has 0 saturated carbocycles. The molecule has 20 nitrogen and oxygen atoms in total. The first-order valence-corrected chi connectivity index (χ1v) is 23.7. The number of methoxy groups -OCH3 is 4. The van der Waals surface area contributed by atoms with Crippen LogP contribution in [0.2, 0.25) is 0 Å². The molecule has 8 rings (SSSR count). The molecule has 4 fully saturated rings. The van der Waals surface area contributed by atoms with Crippen LogP contribution in [0.15, 0.2) is 49.6 Å². The second-order valence-electron chi connectivity index (χ2n) is 17.3. The van der Waals surface area contributed by atoms with Gasteiger partial charge in [-0.2, -0.15) is 0 Å². The van der Waals surface area contributed by atoms with Gasteiger partial charge in [0, 0.05) is 51.6 Å². The van der Waals surface area contributed by atoms with Crippen LogP contribution in [-0.4, -0.2) is 164 Å². The number of hydrogen-bond donors (Lipinski definition) is 0. The van der Waals surface area contributed by atoms with Gasteiger partial charge < -0.3 is 66.6 Å². The first kappa shape index (κ1) is 49.8. The summed E-state index contributed by atoms with van der Waals surface area (Å²) >= 11 is 0. The Balaban J connectivity index is 1.04. The van der Waals surface area contributed by atoms with Crippen molar-refractivity contribution in [2.75, 3.05) is 91.0 Å². The van der Waals surface area contributed by atoms with Gasteiger partial charge in [0.1, 0.15) is 25.3 Å². The lowest BCUT2D eigenvalue weighted by molar-refractivity contribution is -0.202. The Morgan fingerprint density at radius 1 is 0.609 bits per heavy atom. The maximum Gasteiger partial charge on any atom is 0.416 e. The molecule has 0 aliphatic carbocycles. The van der Waals surface area contributed by atoms with E-state index in [0.717, 1.165) is 25.7 Å². The molecule has 6 aliphatic rings. The Morgan fingerprint density at radius 2 is 1.01 bits per heavy atom. The van der Waals surface area contributed by atoms with Crippen LogP contribution in [-0.2, 0) is 37.9 Å². The van der Waals surface area contributed by atoms with E-state index in [4.69, 9.17) is 56.8 Å². The first-order valence-electron chi connectivity index (χ1n) is 23.7. The number of hydrogen-bond acceptors (Lipinski definition) is 16. The van der Waals surface area contributed by atoms with Crippen LogP contribution in [0.4, 0.5) is 21.0 Å². The topological polar surface area (TPSA) is 192 Å². The molecule has 4 amide bonds. The van der Waals surface area contributed by atoms with Crippen LogP contribution in [0, 0.1) is 0 Å². The largest absolute Gasteiger partial charge is 0.493 e. The average Bonchev–Trinajstić information content (AvgIpc) is 3.96. The number of carbonyl (C=O) groups is 4. The van der Waals surface area contributed by atoms with Crippen molar-refractivity contribution in [2.45, 2.75) is 107 Å². The minimum atomic E-state index is -1.09. The van der Waals surface area contributed by atoms with Crippen molar-refractivity contribution >= 4 is 35.4 Å². The monoisotopic (exact) mass is 964 g/mol. The van der Waals surface area contributed by atoms with E-state index < -0.39 is 61.5 Å². The molecule has 0 radical (unpaired) electrons. The van der Waals surface area contributed by atoms with Gasteiger partial charge in [0.15, 0.2) is 48.0 Å². The highest BCUT2D eigenvalue weighted by Gasteiger charge is 2.54. The van der Waals surface area contributed by atoms with Gasteiger partial charge in [-0.1, -0.05) is 25.3 Å². The van der Waals surface area contributed by atoms with Crippen LogP contribution >= 0.6 is 0 Å². The zero-order valence-corrected chi connectivity index (χ0v) is 39.8. The Hall–Kier alpha value is -5.64. The maximum atomic E-state index is 14.6.